The van der Waals surface area contributed by atoms with Crippen LogP contribution in [0.4, 0.5) is 0 Å². The molecule has 0 aliphatic rings. The highest BCUT2D eigenvalue weighted by Gasteiger charge is 2.37. The van der Waals surface area contributed by atoms with Crippen molar-refractivity contribution in [1.29, 1.82) is 0 Å². The highest BCUT2D eigenvalue weighted by molar-refractivity contribution is 9.27. The van der Waals surface area contributed by atoms with Crippen molar-refractivity contribution in [2.75, 3.05) is 41.2 Å². The second-order valence-corrected chi connectivity index (χ2v) is 12.9. The zero-order valence-corrected chi connectivity index (χ0v) is 16.2. The fourth-order valence-corrected chi connectivity index (χ4v) is 9.76. The molecule has 0 saturated carbocycles. The molecule has 0 aliphatic heterocycles. The van der Waals surface area contributed by atoms with Gasteiger partial charge in [-0.2, -0.15) is 0 Å². The van der Waals surface area contributed by atoms with Crippen molar-refractivity contribution in [1.82, 2.24) is 4.90 Å². The van der Waals surface area contributed by atoms with Gasteiger partial charge in [-0.05, 0) is 30.4 Å². The lowest BCUT2D eigenvalue weighted by Crippen LogP contribution is -2.43. The highest BCUT2D eigenvalue weighted by Crippen LogP contribution is 2.44. The van der Waals surface area contributed by atoms with E-state index in [1.54, 1.807) is 62.6 Å². The first-order valence-electron chi connectivity index (χ1n) is 5.01. The van der Waals surface area contributed by atoms with Gasteiger partial charge in [0.25, 0.3) is 0 Å². The summed E-state index contributed by atoms with van der Waals surface area (Å²) in [7, 11) is 13.1. The number of thiocarbonyl (C=S) groups is 1. The van der Waals surface area contributed by atoms with Gasteiger partial charge in [-0.15, -0.1) is 0 Å². The van der Waals surface area contributed by atoms with Crippen molar-refractivity contribution in [3.8, 4) is 0 Å². The summed E-state index contributed by atoms with van der Waals surface area (Å²) in [5, 5.41) is 0. The number of hydrogen-bond donors (Lipinski definition) is 0. The standard InChI is InChI=1S/C8H19NO3S5Si/c1-9(2)8(13)15-17-16-14-6-7-18(10-3,11-4)12-5/h6-7H2,1-5H3. The second kappa shape index (κ2) is 11.1. The maximum atomic E-state index is 5.34. The quantitative estimate of drug-likeness (QED) is 0.264. The molecule has 108 valence electrons. The predicted octanol–water partition coefficient (Wildman–Crippen LogP) is 3.39. The Morgan fingerprint density at radius 1 is 1.11 bits per heavy atom. The molecule has 0 N–H and O–H groups in total. The molecule has 0 aromatic carbocycles. The Kier molecular flexibility index (Phi) is 11.9. The van der Waals surface area contributed by atoms with Gasteiger partial charge in [-0.25, -0.2) is 0 Å². The topological polar surface area (TPSA) is 30.9 Å². The number of nitrogens with zero attached hydrogens (tertiary/aromatic N) is 1. The van der Waals surface area contributed by atoms with Crippen molar-refractivity contribution in [2.24, 2.45) is 0 Å². The molecule has 0 unspecified atom stereocenters. The van der Waals surface area contributed by atoms with E-state index in [2.05, 4.69) is 0 Å². The summed E-state index contributed by atoms with van der Waals surface area (Å²) in [5.74, 6) is 0.925. The third-order valence-corrected chi connectivity index (χ3v) is 12.2. The molecule has 4 nitrogen and oxygen atoms in total. The Morgan fingerprint density at radius 2 is 1.67 bits per heavy atom. The third-order valence-electron chi connectivity index (χ3n) is 1.97. The van der Waals surface area contributed by atoms with E-state index < -0.39 is 8.80 Å². The van der Waals surface area contributed by atoms with Crippen molar-refractivity contribution >= 4 is 66.6 Å². The van der Waals surface area contributed by atoms with Gasteiger partial charge in [0.05, 0.1) is 0 Å². The zero-order valence-electron chi connectivity index (χ0n) is 11.1. The maximum absolute atomic E-state index is 5.34. The smallest absolute Gasteiger partial charge is 0.377 e. The molecule has 0 fully saturated rings. The Balaban J connectivity index is 3.64. The first kappa shape index (κ1) is 19.4. The van der Waals surface area contributed by atoms with E-state index in [9.17, 15) is 0 Å². The van der Waals surface area contributed by atoms with Crippen LogP contribution in [0.5, 0.6) is 0 Å². The minimum absolute atomic E-state index is 0.803. The molecule has 0 radical (unpaired) electrons. The summed E-state index contributed by atoms with van der Waals surface area (Å²) in [4.78, 5) is 1.93. The molecule has 18 heavy (non-hydrogen) atoms. The van der Waals surface area contributed by atoms with Gasteiger partial charge in [-0.3, -0.25) is 0 Å². The van der Waals surface area contributed by atoms with Crippen molar-refractivity contribution < 1.29 is 13.3 Å². The molecular formula is C8H19NO3S5Si. The average molecular weight is 366 g/mol. The monoisotopic (exact) mass is 365 g/mol. The van der Waals surface area contributed by atoms with Crippen LogP contribution in [-0.2, 0) is 13.3 Å². The lowest BCUT2D eigenvalue weighted by molar-refractivity contribution is 0.125. The molecule has 0 saturated heterocycles. The third kappa shape index (κ3) is 7.85. The largest absolute Gasteiger partial charge is 0.501 e. The molecule has 0 heterocycles. The summed E-state index contributed by atoms with van der Waals surface area (Å²) in [6, 6.07) is 0.803. The predicted molar refractivity (Wildman–Crippen MR) is 93.1 cm³/mol. The van der Waals surface area contributed by atoms with Gasteiger partial charge in [0, 0.05) is 47.2 Å². The van der Waals surface area contributed by atoms with Gasteiger partial charge in [0.1, 0.15) is 4.32 Å². The van der Waals surface area contributed by atoms with Crippen LogP contribution >= 0.6 is 53.5 Å². The van der Waals surface area contributed by atoms with E-state index in [0.717, 1.165) is 16.1 Å². The van der Waals surface area contributed by atoms with Crippen molar-refractivity contribution in [2.45, 2.75) is 6.04 Å². The van der Waals surface area contributed by atoms with Crippen LogP contribution in [0.15, 0.2) is 0 Å². The van der Waals surface area contributed by atoms with Crippen LogP contribution in [0, 0.1) is 0 Å². The van der Waals surface area contributed by atoms with E-state index in [1.165, 1.54) is 0 Å². The Bertz CT molecular complexity index is 235. The normalized spacial score (nSPS) is 11.6. The molecule has 0 aromatic rings. The summed E-state index contributed by atoms with van der Waals surface area (Å²) in [5.41, 5.74) is 0. The van der Waals surface area contributed by atoms with Crippen molar-refractivity contribution in [3.05, 3.63) is 0 Å². The van der Waals surface area contributed by atoms with Gasteiger partial charge >= 0.3 is 8.80 Å². The van der Waals surface area contributed by atoms with Gasteiger partial charge in [-0.1, -0.05) is 23.0 Å². The highest BCUT2D eigenvalue weighted by atomic mass is 33.7. The second-order valence-electron chi connectivity index (χ2n) is 3.25. The first-order valence-corrected chi connectivity index (χ1v) is 12.3. The van der Waals surface area contributed by atoms with Crippen LogP contribution in [0.25, 0.3) is 0 Å². The van der Waals surface area contributed by atoms with Crippen LogP contribution < -0.4 is 0 Å². The molecule has 0 bridgehead atoms. The van der Waals surface area contributed by atoms with E-state index in [1.807, 2.05) is 19.0 Å². The van der Waals surface area contributed by atoms with E-state index in [-0.39, 0.29) is 0 Å². The lowest BCUT2D eigenvalue weighted by atomic mass is 11.0. The molecule has 0 spiro atoms. The Labute approximate surface area is 131 Å². The molecule has 10 heteroatoms. The van der Waals surface area contributed by atoms with E-state index >= 15 is 0 Å². The fraction of sp³-hybridized carbons (Fsp3) is 0.875. The van der Waals surface area contributed by atoms with Crippen LogP contribution in [-0.4, -0.2) is 59.2 Å². The number of rotatable bonds is 9. The summed E-state index contributed by atoms with van der Waals surface area (Å²) >= 11 is 5.16. The van der Waals surface area contributed by atoms with Crippen LogP contribution in [0.3, 0.4) is 0 Å². The summed E-state index contributed by atoms with van der Waals surface area (Å²) in [6.45, 7) is 0. The van der Waals surface area contributed by atoms with Gasteiger partial charge < -0.3 is 18.2 Å². The SMILES string of the molecule is CO[Si](CCSSSSC(=S)N(C)C)(OC)OC. The number of hydrogen-bond acceptors (Lipinski definition) is 8. The van der Waals surface area contributed by atoms with Gasteiger partial charge in [0.2, 0.25) is 0 Å². The van der Waals surface area contributed by atoms with Gasteiger partial charge in [0.15, 0.2) is 0 Å². The molecular weight excluding hydrogens is 347 g/mol. The minimum Gasteiger partial charge on any atom is -0.377 e. The fourth-order valence-electron chi connectivity index (χ4n) is 0.894. The van der Waals surface area contributed by atoms with Crippen LogP contribution in [0.1, 0.15) is 0 Å². The maximum Gasteiger partial charge on any atom is 0.501 e. The molecule has 0 rings (SSSR count). The zero-order chi connectivity index (χ0) is 14.0. The molecule has 0 aromatic heterocycles. The Hall–Kier alpha value is 1.39. The van der Waals surface area contributed by atoms with E-state index in [0.29, 0.717) is 0 Å². The molecule has 0 amide bonds. The lowest BCUT2D eigenvalue weighted by Gasteiger charge is -2.23. The summed E-state index contributed by atoms with van der Waals surface area (Å²) in [6.07, 6.45) is 0. The Morgan fingerprint density at radius 3 is 2.11 bits per heavy atom. The van der Waals surface area contributed by atoms with Crippen molar-refractivity contribution in [3.63, 3.8) is 0 Å². The van der Waals surface area contributed by atoms with Crippen LogP contribution in [0.2, 0.25) is 6.04 Å². The van der Waals surface area contributed by atoms with E-state index in [4.69, 9.17) is 25.5 Å². The average Bonchev–Trinajstić information content (AvgIpc) is 2.38. The first-order chi connectivity index (χ1) is 8.51. The molecule has 0 aliphatic carbocycles. The minimum atomic E-state index is -2.40. The molecule has 0 atom stereocenters. The summed E-state index contributed by atoms with van der Waals surface area (Å²) < 4.78 is 16.9.